The Bertz CT molecular complexity index is 864. The standard InChI is InChI=1S/C27H39N3O4/c1-30(2,3)21-24(20-26(31)32)29-27(33)28-18-10-5-4-6-11-19-34-25-16-14-23(15-17-25)22-12-8-7-9-13-22/h7-9,12-17,24H,4-6,10-11,18-21H2,1-3H3,(H2-,28,29,31,32,33). The molecule has 34 heavy (non-hydrogen) atoms. The second kappa shape index (κ2) is 14.3. The predicted molar refractivity (Wildman–Crippen MR) is 133 cm³/mol. The molecular formula is C27H39N3O4. The number of carboxylic acid groups (broad SMARTS) is 1. The van der Waals surface area contributed by atoms with Gasteiger partial charge in [0.05, 0.1) is 40.3 Å². The largest absolute Gasteiger partial charge is 0.550 e. The summed E-state index contributed by atoms with van der Waals surface area (Å²) >= 11 is 0. The minimum absolute atomic E-state index is 0.192. The molecule has 0 radical (unpaired) electrons. The Hall–Kier alpha value is -3.06. The zero-order valence-electron chi connectivity index (χ0n) is 20.7. The van der Waals surface area contributed by atoms with E-state index in [-0.39, 0.29) is 12.5 Å². The van der Waals surface area contributed by atoms with E-state index in [1.807, 2.05) is 51.5 Å². The van der Waals surface area contributed by atoms with E-state index in [0.29, 0.717) is 24.2 Å². The van der Waals surface area contributed by atoms with Crippen LogP contribution in [0.3, 0.4) is 0 Å². The van der Waals surface area contributed by atoms with Crippen molar-refractivity contribution in [1.29, 1.82) is 0 Å². The second-order valence-electron chi connectivity index (χ2n) is 9.65. The Labute approximate surface area is 203 Å². The van der Waals surface area contributed by atoms with Gasteiger partial charge >= 0.3 is 6.03 Å². The van der Waals surface area contributed by atoms with Crippen LogP contribution in [0, 0.1) is 0 Å². The van der Waals surface area contributed by atoms with Crippen molar-refractivity contribution in [1.82, 2.24) is 10.6 Å². The Morgan fingerprint density at radius 3 is 2.15 bits per heavy atom. The van der Waals surface area contributed by atoms with Gasteiger partial charge in [0.1, 0.15) is 5.75 Å². The van der Waals surface area contributed by atoms with Gasteiger partial charge in [-0.05, 0) is 36.1 Å². The lowest BCUT2D eigenvalue weighted by molar-refractivity contribution is -0.871. The fourth-order valence-corrected chi connectivity index (χ4v) is 3.78. The number of carbonyl (C=O) groups excluding carboxylic acids is 2. The van der Waals surface area contributed by atoms with E-state index in [4.69, 9.17) is 4.74 Å². The highest BCUT2D eigenvalue weighted by molar-refractivity contribution is 5.75. The summed E-state index contributed by atoms with van der Waals surface area (Å²) in [6.45, 7) is 1.77. The van der Waals surface area contributed by atoms with Gasteiger partial charge < -0.3 is 29.8 Å². The number of rotatable bonds is 15. The van der Waals surface area contributed by atoms with Crippen LogP contribution in [0.2, 0.25) is 0 Å². The number of nitrogens with one attached hydrogen (secondary N) is 2. The number of ether oxygens (including phenoxy) is 1. The highest BCUT2D eigenvalue weighted by Crippen LogP contribution is 2.22. The van der Waals surface area contributed by atoms with Gasteiger partial charge in [-0.2, -0.15) is 0 Å². The number of carbonyl (C=O) groups is 2. The van der Waals surface area contributed by atoms with Crippen molar-refractivity contribution in [2.45, 2.75) is 44.6 Å². The zero-order chi connectivity index (χ0) is 24.8. The first-order chi connectivity index (χ1) is 16.2. The fraction of sp³-hybridized carbons (Fsp3) is 0.481. The number of hydrogen-bond donors (Lipinski definition) is 2. The van der Waals surface area contributed by atoms with Gasteiger partial charge in [-0.15, -0.1) is 0 Å². The van der Waals surface area contributed by atoms with E-state index in [0.717, 1.165) is 37.9 Å². The monoisotopic (exact) mass is 469 g/mol. The number of amides is 2. The molecule has 0 aliphatic carbocycles. The number of benzene rings is 2. The van der Waals surface area contributed by atoms with Crippen LogP contribution in [0.4, 0.5) is 4.79 Å². The zero-order valence-corrected chi connectivity index (χ0v) is 20.7. The number of nitrogens with zero attached hydrogens (tertiary/aromatic N) is 1. The molecule has 2 aromatic carbocycles. The first-order valence-electron chi connectivity index (χ1n) is 12.1. The summed E-state index contributed by atoms with van der Waals surface area (Å²) in [5, 5.41) is 16.5. The number of unbranched alkanes of at least 4 members (excludes halogenated alkanes) is 4. The van der Waals surface area contributed by atoms with Crippen LogP contribution in [0.1, 0.15) is 38.5 Å². The number of urea groups is 1. The Kier molecular flexibility index (Phi) is 11.4. The lowest BCUT2D eigenvalue weighted by Crippen LogP contribution is -2.53. The molecule has 7 nitrogen and oxygen atoms in total. The van der Waals surface area contributed by atoms with Crippen molar-refractivity contribution in [3.8, 4) is 16.9 Å². The van der Waals surface area contributed by atoms with Gasteiger partial charge in [-0.1, -0.05) is 61.7 Å². The van der Waals surface area contributed by atoms with Crippen molar-refractivity contribution >= 4 is 12.0 Å². The third-order valence-corrected chi connectivity index (χ3v) is 5.35. The molecule has 0 bridgehead atoms. The number of likely N-dealkylation sites (N-methyl/N-ethyl adjacent to an activating group) is 1. The lowest BCUT2D eigenvalue weighted by Gasteiger charge is -2.30. The maximum Gasteiger partial charge on any atom is 0.315 e. The fourth-order valence-electron chi connectivity index (χ4n) is 3.78. The number of quaternary nitrogens is 1. The van der Waals surface area contributed by atoms with Crippen molar-refractivity contribution < 1.29 is 23.9 Å². The maximum atomic E-state index is 12.1. The molecule has 0 aliphatic heterocycles. The topological polar surface area (TPSA) is 90.5 Å². The van der Waals surface area contributed by atoms with Crippen LogP contribution in [0.5, 0.6) is 5.75 Å². The summed E-state index contributed by atoms with van der Waals surface area (Å²) in [4.78, 5) is 23.0. The number of carboxylic acids is 1. The molecule has 0 saturated carbocycles. The van der Waals surface area contributed by atoms with Gasteiger partial charge in [0.2, 0.25) is 0 Å². The van der Waals surface area contributed by atoms with Crippen LogP contribution in [0.15, 0.2) is 54.6 Å². The molecule has 0 aromatic heterocycles. The Morgan fingerprint density at radius 1 is 0.882 bits per heavy atom. The number of aliphatic carboxylic acids is 1. The van der Waals surface area contributed by atoms with E-state index in [9.17, 15) is 14.7 Å². The summed E-state index contributed by atoms with van der Waals surface area (Å²) in [6.07, 6.45) is 4.86. The van der Waals surface area contributed by atoms with Gasteiger partial charge in [-0.3, -0.25) is 0 Å². The predicted octanol–water partition coefficient (Wildman–Crippen LogP) is 3.20. The van der Waals surface area contributed by atoms with Crippen molar-refractivity contribution in [2.75, 3.05) is 40.8 Å². The molecule has 2 N–H and O–H groups in total. The van der Waals surface area contributed by atoms with Crippen molar-refractivity contribution in [3.05, 3.63) is 54.6 Å². The smallest absolute Gasteiger partial charge is 0.315 e. The van der Waals surface area contributed by atoms with E-state index in [2.05, 4.69) is 34.9 Å². The highest BCUT2D eigenvalue weighted by Gasteiger charge is 2.20. The quantitative estimate of drug-likeness (QED) is 0.310. The molecule has 2 amide bonds. The molecule has 0 fully saturated rings. The summed E-state index contributed by atoms with van der Waals surface area (Å²) in [5.74, 6) is -0.274. The average molecular weight is 470 g/mol. The summed E-state index contributed by atoms with van der Waals surface area (Å²) in [7, 11) is 5.86. The molecule has 186 valence electrons. The molecule has 0 heterocycles. The normalized spacial score (nSPS) is 12.1. The number of hydrogen-bond acceptors (Lipinski definition) is 4. The molecular weight excluding hydrogens is 430 g/mol. The second-order valence-corrected chi connectivity index (χ2v) is 9.65. The van der Waals surface area contributed by atoms with Crippen molar-refractivity contribution in [2.24, 2.45) is 0 Å². The molecule has 0 spiro atoms. The average Bonchev–Trinajstić information content (AvgIpc) is 2.77. The van der Waals surface area contributed by atoms with Crippen LogP contribution >= 0.6 is 0 Å². The summed E-state index contributed by atoms with van der Waals surface area (Å²) in [5.41, 5.74) is 2.38. The molecule has 0 aliphatic rings. The van der Waals surface area contributed by atoms with Crippen LogP contribution in [-0.2, 0) is 4.79 Å². The lowest BCUT2D eigenvalue weighted by atomic mass is 10.1. The van der Waals surface area contributed by atoms with Gasteiger partial charge in [-0.25, -0.2) is 4.79 Å². The van der Waals surface area contributed by atoms with Gasteiger partial charge in [0.25, 0.3) is 0 Å². The first-order valence-corrected chi connectivity index (χ1v) is 12.1. The third kappa shape index (κ3) is 11.7. The Balaban J connectivity index is 1.52. The third-order valence-electron chi connectivity index (χ3n) is 5.35. The Morgan fingerprint density at radius 2 is 1.50 bits per heavy atom. The van der Waals surface area contributed by atoms with Crippen LogP contribution < -0.4 is 20.5 Å². The molecule has 7 heteroatoms. The van der Waals surface area contributed by atoms with E-state index < -0.39 is 12.0 Å². The van der Waals surface area contributed by atoms with E-state index in [1.54, 1.807) is 0 Å². The maximum absolute atomic E-state index is 12.1. The van der Waals surface area contributed by atoms with Crippen LogP contribution in [0.25, 0.3) is 11.1 Å². The van der Waals surface area contributed by atoms with Crippen LogP contribution in [-0.4, -0.2) is 63.4 Å². The molecule has 2 aromatic rings. The van der Waals surface area contributed by atoms with Gasteiger partial charge in [0.15, 0.2) is 0 Å². The highest BCUT2D eigenvalue weighted by atomic mass is 16.5. The van der Waals surface area contributed by atoms with Gasteiger partial charge in [0, 0.05) is 18.9 Å². The molecule has 0 saturated heterocycles. The van der Waals surface area contributed by atoms with E-state index >= 15 is 0 Å². The first kappa shape index (κ1) is 27.2. The molecule has 1 atom stereocenters. The summed E-state index contributed by atoms with van der Waals surface area (Å²) in [6, 6.07) is 17.7. The van der Waals surface area contributed by atoms with Crippen molar-refractivity contribution in [3.63, 3.8) is 0 Å². The molecule has 2 rings (SSSR count). The SMILES string of the molecule is C[N+](C)(C)CC(CC(=O)[O-])NC(=O)NCCCCCCCOc1ccc(-c2ccccc2)cc1. The minimum Gasteiger partial charge on any atom is -0.550 e. The summed E-state index contributed by atoms with van der Waals surface area (Å²) < 4.78 is 6.40. The minimum atomic E-state index is -1.16. The molecule has 1 unspecified atom stereocenters. The van der Waals surface area contributed by atoms with E-state index in [1.165, 1.54) is 11.1 Å².